The third-order valence-corrected chi connectivity index (χ3v) is 2.71. The summed E-state index contributed by atoms with van der Waals surface area (Å²) < 4.78 is 0. The fourth-order valence-corrected chi connectivity index (χ4v) is 2.01. The van der Waals surface area contributed by atoms with E-state index in [1.165, 1.54) is 19.9 Å². The van der Waals surface area contributed by atoms with Crippen molar-refractivity contribution in [1.29, 1.82) is 0 Å². The molecule has 2 rings (SSSR count). The minimum atomic E-state index is -0.330. The minimum absolute atomic E-state index is 0.150. The van der Waals surface area contributed by atoms with Crippen LogP contribution in [-0.2, 0) is 9.59 Å². The molecule has 2 amide bonds. The van der Waals surface area contributed by atoms with Crippen LogP contribution in [-0.4, -0.2) is 16.9 Å². The fourth-order valence-electron chi connectivity index (χ4n) is 2.01. The summed E-state index contributed by atoms with van der Waals surface area (Å²) in [5.41, 5.74) is 0.535. The molecule has 0 bridgehead atoms. The summed E-state index contributed by atoms with van der Waals surface area (Å²) in [7, 11) is 0. The quantitative estimate of drug-likeness (QED) is 0.836. The molecule has 0 unspecified atom stereocenters. The number of aromatic hydroxyl groups is 1. The summed E-state index contributed by atoms with van der Waals surface area (Å²) in [6.07, 6.45) is 0. The van der Waals surface area contributed by atoms with Gasteiger partial charge >= 0.3 is 0 Å². The molecule has 4 heteroatoms. The lowest BCUT2D eigenvalue weighted by Crippen LogP contribution is -2.33. The van der Waals surface area contributed by atoms with Crippen LogP contribution >= 0.6 is 0 Å². The number of amides is 2. The molecule has 0 atom stereocenters. The van der Waals surface area contributed by atoms with E-state index in [9.17, 15) is 14.7 Å². The van der Waals surface area contributed by atoms with Crippen molar-refractivity contribution < 1.29 is 14.7 Å². The Morgan fingerprint density at radius 1 is 1.06 bits per heavy atom. The predicted molar refractivity (Wildman–Crippen MR) is 69.5 cm³/mol. The molecule has 18 heavy (non-hydrogen) atoms. The monoisotopic (exact) mass is 243 g/mol. The summed E-state index contributed by atoms with van der Waals surface area (Å²) in [4.78, 5) is 24.2. The molecule has 2 aromatic carbocycles. The molecule has 92 valence electrons. The van der Waals surface area contributed by atoms with Gasteiger partial charge in [0, 0.05) is 19.2 Å². The van der Waals surface area contributed by atoms with E-state index in [2.05, 4.69) is 0 Å². The van der Waals surface area contributed by atoms with Gasteiger partial charge in [0.05, 0.1) is 5.69 Å². The molecule has 1 N–H and O–H groups in total. The number of carbonyl (C=O) groups excluding carboxylic acids is 2. The third kappa shape index (κ3) is 2.05. The zero-order valence-electron chi connectivity index (χ0n) is 10.2. The lowest BCUT2D eigenvalue weighted by molar-refractivity contribution is -0.124. The number of anilines is 1. The number of hydrogen-bond acceptors (Lipinski definition) is 3. The van der Waals surface area contributed by atoms with Crippen LogP contribution in [0.15, 0.2) is 36.4 Å². The van der Waals surface area contributed by atoms with Crippen LogP contribution < -0.4 is 4.90 Å². The molecule has 0 saturated heterocycles. The van der Waals surface area contributed by atoms with Gasteiger partial charge in [-0.25, -0.2) is 0 Å². The maximum Gasteiger partial charge on any atom is 0.230 e. The van der Waals surface area contributed by atoms with Crippen LogP contribution in [0.1, 0.15) is 13.8 Å². The molecule has 0 heterocycles. The van der Waals surface area contributed by atoms with Crippen LogP contribution in [0, 0.1) is 0 Å². The Hall–Kier alpha value is -2.36. The highest BCUT2D eigenvalue weighted by Gasteiger charge is 2.18. The van der Waals surface area contributed by atoms with E-state index in [1.807, 2.05) is 6.07 Å². The highest BCUT2D eigenvalue weighted by Crippen LogP contribution is 2.29. The second kappa shape index (κ2) is 4.49. The number of carbonyl (C=O) groups is 2. The maximum atomic E-state index is 11.6. The molecule has 0 aliphatic rings. The van der Waals surface area contributed by atoms with Gasteiger partial charge in [-0.2, -0.15) is 0 Å². The number of nitrogens with zero attached hydrogens (tertiary/aromatic N) is 1. The number of fused-ring (bicyclic) bond motifs is 1. The van der Waals surface area contributed by atoms with Crippen molar-refractivity contribution in [3.05, 3.63) is 36.4 Å². The average molecular weight is 243 g/mol. The van der Waals surface area contributed by atoms with Gasteiger partial charge in [0.15, 0.2) is 0 Å². The molecule has 0 saturated carbocycles. The zero-order valence-corrected chi connectivity index (χ0v) is 10.2. The van der Waals surface area contributed by atoms with E-state index >= 15 is 0 Å². The maximum absolute atomic E-state index is 11.6. The Morgan fingerprint density at radius 2 is 1.72 bits per heavy atom. The SMILES string of the molecule is CC(=O)N(C(C)=O)c1cccc2cc(O)ccc12. The van der Waals surface area contributed by atoms with E-state index in [1.54, 1.807) is 24.3 Å². The zero-order chi connectivity index (χ0) is 13.3. The van der Waals surface area contributed by atoms with Crippen molar-refractivity contribution in [1.82, 2.24) is 0 Å². The Kier molecular flexibility index (Phi) is 3.02. The smallest absolute Gasteiger partial charge is 0.230 e. The molecule has 0 aliphatic carbocycles. The van der Waals surface area contributed by atoms with Gasteiger partial charge in [-0.05, 0) is 29.7 Å². The van der Waals surface area contributed by atoms with Gasteiger partial charge in [0.25, 0.3) is 0 Å². The van der Waals surface area contributed by atoms with Crippen molar-refractivity contribution >= 4 is 28.3 Å². The van der Waals surface area contributed by atoms with Crippen LogP contribution in [0.3, 0.4) is 0 Å². The highest BCUT2D eigenvalue weighted by atomic mass is 16.3. The van der Waals surface area contributed by atoms with Crippen molar-refractivity contribution in [2.75, 3.05) is 4.90 Å². The fraction of sp³-hybridized carbons (Fsp3) is 0.143. The first-order valence-corrected chi connectivity index (χ1v) is 5.53. The number of hydrogen-bond donors (Lipinski definition) is 1. The topological polar surface area (TPSA) is 57.6 Å². The lowest BCUT2D eigenvalue weighted by Gasteiger charge is -2.19. The first-order chi connectivity index (χ1) is 8.50. The number of benzene rings is 2. The van der Waals surface area contributed by atoms with Gasteiger partial charge in [-0.15, -0.1) is 0 Å². The van der Waals surface area contributed by atoms with E-state index in [0.29, 0.717) is 5.69 Å². The largest absolute Gasteiger partial charge is 0.508 e. The first-order valence-electron chi connectivity index (χ1n) is 5.53. The normalized spacial score (nSPS) is 10.3. The summed E-state index contributed by atoms with van der Waals surface area (Å²) >= 11 is 0. The molecular weight excluding hydrogens is 230 g/mol. The van der Waals surface area contributed by atoms with Gasteiger partial charge in [0.1, 0.15) is 5.75 Å². The summed E-state index contributed by atoms with van der Waals surface area (Å²) in [5.74, 6) is -0.511. The second-order valence-corrected chi connectivity index (χ2v) is 4.06. The summed E-state index contributed by atoms with van der Waals surface area (Å²) in [6.45, 7) is 2.70. The second-order valence-electron chi connectivity index (χ2n) is 4.06. The van der Waals surface area contributed by atoms with E-state index in [-0.39, 0.29) is 17.6 Å². The van der Waals surface area contributed by atoms with Crippen molar-refractivity contribution in [3.8, 4) is 5.75 Å². The average Bonchev–Trinajstić information content (AvgIpc) is 2.27. The Balaban J connectivity index is 2.70. The Bertz CT molecular complexity index is 620. The molecule has 0 radical (unpaired) electrons. The molecule has 0 aromatic heterocycles. The summed E-state index contributed by atoms with van der Waals surface area (Å²) in [6, 6.07) is 10.1. The molecule has 4 nitrogen and oxygen atoms in total. The molecular formula is C14H13NO3. The number of phenolic OH excluding ortho intramolecular Hbond substituents is 1. The standard InChI is InChI=1S/C14H13NO3/c1-9(16)15(10(2)17)14-5-3-4-11-8-12(18)6-7-13(11)14/h3-8,18H,1-2H3. The highest BCUT2D eigenvalue weighted by molar-refractivity contribution is 6.17. The van der Waals surface area contributed by atoms with E-state index in [0.717, 1.165) is 15.7 Å². The van der Waals surface area contributed by atoms with E-state index in [4.69, 9.17) is 0 Å². The minimum Gasteiger partial charge on any atom is -0.508 e. The predicted octanol–water partition coefficient (Wildman–Crippen LogP) is 2.44. The van der Waals surface area contributed by atoms with Gasteiger partial charge in [-0.3, -0.25) is 14.5 Å². The third-order valence-electron chi connectivity index (χ3n) is 2.71. The molecule has 0 aliphatic heterocycles. The lowest BCUT2D eigenvalue weighted by atomic mass is 10.1. The van der Waals surface area contributed by atoms with Gasteiger partial charge in [-0.1, -0.05) is 12.1 Å². The summed E-state index contributed by atoms with van der Waals surface area (Å²) in [5, 5.41) is 11.0. The number of phenols is 1. The molecule has 0 spiro atoms. The Labute approximate surface area is 104 Å². The molecule has 2 aromatic rings. The van der Waals surface area contributed by atoms with Crippen LogP contribution in [0.25, 0.3) is 10.8 Å². The number of rotatable bonds is 1. The molecule has 0 fully saturated rings. The van der Waals surface area contributed by atoms with Crippen molar-refractivity contribution in [2.24, 2.45) is 0 Å². The van der Waals surface area contributed by atoms with Crippen LogP contribution in [0.2, 0.25) is 0 Å². The van der Waals surface area contributed by atoms with Crippen LogP contribution in [0.5, 0.6) is 5.75 Å². The van der Waals surface area contributed by atoms with Crippen molar-refractivity contribution in [2.45, 2.75) is 13.8 Å². The first kappa shape index (κ1) is 12.1. The van der Waals surface area contributed by atoms with E-state index < -0.39 is 0 Å². The number of imide groups is 1. The van der Waals surface area contributed by atoms with Gasteiger partial charge in [0.2, 0.25) is 11.8 Å². The van der Waals surface area contributed by atoms with Crippen molar-refractivity contribution in [3.63, 3.8) is 0 Å². The van der Waals surface area contributed by atoms with Gasteiger partial charge < -0.3 is 5.11 Å². The van der Waals surface area contributed by atoms with Crippen LogP contribution in [0.4, 0.5) is 5.69 Å². The Morgan fingerprint density at radius 3 is 2.33 bits per heavy atom.